The highest BCUT2D eigenvalue weighted by Crippen LogP contribution is 2.39. The van der Waals surface area contributed by atoms with Crippen molar-refractivity contribution in [3.05, 3.63) is 52.6 Å². The number of carbonyl (C=O) groups excluding carboxylic acids is 1. The molecule has 0 atom stereocenters. The van der Waals surface area contributed by atoms with Crippen molar-refractivity contribution in [1.29, 1.82) is 0 Å². The molecule has 0 heterocycles. The van der Waals surface area contributed by atoms with Gasteiger partial charge < -0.3 is 15.3 Å². The molecule has 0 aromatic heterocycles. The van der Waals surface area contributed by atoms with E-state index in [9.17, 15) is 20.1 Å². The number of nitrogens with zero attached hydrogens (tertiary/aromatic N) is 1. The van der Waals surface area contributed by atoms with Gasteiger partial charge >= 0.3 is 0 Å². The lowest BCUT2D eigenvalue weighted by Gasteiger charge is -2.28. The highest BCUT2D eigenvalue weighted by atomic mass is 16.3. The SMILES string of the molecule is CC(C)(C)c1cc(C(=O)NN=Cc2ccc(O)cc2O)cc(C(C)(C)C)c1O. The third-order valence-corrected chi connectivity index (χ3v) is 4.37. The summed E-state index contributed by atoms with van der Waals surface area (Å²) < 4.78 is 0. The summed E-state index contributed by atoms with van der Waals surface area (Å²) in [6.45, 7) is 11.8. The summed E-state index contributed by atoms with van der Waals surface area (Å²) >= 11 is 0. The van der Waals surface area contributed by atoms with Crippen LogP contribution in [0.15, 0.2) is 35.4 Å². The number of aromatic hydroxyl groups is 3. The molecule has 4 N–H and O–H groups in total. The van der Waals surface area contributed by atoms with E-state index >= 15 is 0 Å². The first-order valence-electron chi connectivity index (χ1n) is 9.04. The minimum atomic E-state index is -0.425. The van der Waals surface area contributed by atoms with Gasteiger partial charge in [-0.1, -0.05) is 41.5 Å². The highest BCUT2D eigenvalue weighted by Gasteiger charge is 2.27. The number of hydrogen-bond donors (Lipinski definition) is 4. The van der Waals surface area contributed by atoms with E-state index in [4.69, 9.17) is 0 Å². The van der Waals surface area contributed by atoms with E-state index in [-0.39, 0.29) is 28.1 Å². The van der Waals surface area contributed by atoms with Crippen LogP contribution >= 0.6 is 0 Å². The summed E-state index contributed by atoms with van der Waals surface area (Å²) in [6, 6.07) is 7.43. The Balaban J connectivity index is 2.35. The van der Waals surface area contributed by atoms with E-state index in [0.29, 0.717) is 22.3 Å². The van der Waals surface area contributed by atoms with Crippen LogP contribution in [0.3, 0.4) is 0 Å². The van der Waals surface area contributed by atoms with Crippen LogP contribution in [0.2, 0.25) is 0 Å². The van der Waals surface area contributed by atoms with E-state index in [2.05, 4.69) is 10.5 Å². The fourth-order valence-electron chi connectivity index (χ4n) is 2.78. The largest absolute Gasteiger partial charge is 0.508 e. The van der Waals surface area contributed by atoms with Gasteiger partial charge in [0.15, 0.2) is 0 Å². The third-order valence-electron chi connectivity index (χ3n) is 4.37. The van der Waals surface area contributed by atoms with Crippen molar-refractivity contribution >= 4 is 12.1 Å². The minimum absolute atomic E-state index is 0.0628. The summed E-state index contributed by atoms with van der Waals surface area (Å²) in [7, 11) is 0. The predicted octanol–water partition coefficient (Wildman–Crippen LogP) is 4.16. The van der Waals surface area contributed by atoms with Crippen molar-refractivity contribution in [2.24, 2.45) is 5.10 Å². The number of hydrazone groups is 1. The van der Waals surface area contributed by atoms with Gasteiger partial charge in [0.2, 0.25) is 0 Å². The standard InChI is InChI=1S/C22H28N2O4/c1-21(2,3)16-9-14(10-17(19(16)27)22(4,5)6)20(28)24-23-12-13-7-8-15(25)11-18(13)26/h7-12,25-27H,1-6H3,(H,24,28). The Morgan fingerprint density at radius 2 is 1.46 bits per heavy atom. The second-order valence-corrected chi connectivity index (χ2v) is 8.86. The molecule has 0 unspecified atom stereocenters. The lowest BCUT2D eigenvalue weighted by molar-refractivity contribution is 0.0955. The van der Waals surface area contributed by atoms with Crippen LogP contribution < -0.4 is 5.43 Å². The van der Waals surface area contributed by atoms with Gasteiger partial charge in [-0.05, 0) is 35.1 Å². The lowest BCUT2D eigenvalue weighted by Crippen LogP contribution is -2.22. The molecule has 0 spiro atoms. The molecule has 150 valence electrons. The molecule has 0 fully saturated rings. The van der Waals surface area contributed by atoms with Crippen molar-refractivity contribution in [1.82, 2.24) is 5.43 Å². The molecule has 0 bridgehead atoms. The summed E-state index contributed by atoms with van der Waals surface area (Å²) in [5.41, 5.74) is 3.87. The van der Waals surface area contributed by atoms with Gasteiger partial charge in [-0.2, -0.15) is 5.10 Å². The molecular formula is C22H28N2O4. The number of rotatable bonds is 3. The first-order valence-corrected chi connectivity index (χ1v) is 9.04. The Kier molecular flexibility index (Phi) is 5.73. The Morgan fingerprint density at radius 1 is 0.929 bits per heavy atom. The Morgan fingerprint density at radius 3 is 1.93 bits per heavy atom. The van der Waals surface area contributed by atoms with E-state index in [1.54, 1.807) is 12.1 Å². The average Bonchev–Trinajstić information content (AvgIpc) is 2.54. The van der Waals surface area contributed by atoms with Gasteiger partial charge in [0.05, 0.1) is 6.21 Å². The summed E-state index contributed by atoms with van der Waals surface area (Å²) in [5.74, 6) is -0.431. The minimum Gasteiger partial charge on any atom is -0.508 e. The van der Waals surface area contributed by atoms with Crippen molar-refractivity contribution in [3.8, 4) is 17.2 Å². The molecule has 0 saturated carbocycles. The molecule has 6 nitrogen and oxygen atoms in total. The van der Waals surface area contributed by atoms with Gasteiger partial charge in [-0.15, -0.1) is 0 Å². The average molecular weight is 384 g/mol. The molecule has 0 saturated heterocycles. The summed E-state index contributed by atoms with van der Waals surface area (Å²) in [5, 5.41) is 33.7. The number of nitrogens with one attached hydrogen (secondary N) is 1. The Bertz CT molecular complexity index is 884. The number of amides is 1. The van der Waals surface area contributed by atoms with Crippen LogP contribution in [0.1, 0.15) is 68.6 Å². The fraction of sp³-hybridized carbons (Fsp3) is 0.364. The molecule has 6 heteroatoms. The number of hydrogen-bond acceptors (Lipinski definition) is 5. The Labute approximate surface area is 165 Å². The van der Waals surface area contributed by atoms with Crippen molar-refractivity contribution in [3.63, 3.8) is 0 Å². The maximum absolute atomic E-state index is 12.6. The molecule has 28 heavy (non-hydrogen) atoms. The number of phenolic OH excluding ortho intramolecular Hbond substituents is 3. The number of phenols is 3. The van der Waals surface area contributed by atoms with Gasteiger partial charge in [0, 0.05) is 28.3 Å². The molecule has 2 aromatic rings. The molecule has 0 aliphatic carbocycles. The first-order chi connectivity index (χ1) is 12.8. The number of benzene rings is 2. The van der Waals surface area contributed by atoms with Crippen molar-refractivity contribution < 1.29 is 20.1 Å². The van der Waals surface area contributed by atoms with Crippen LogP contribution in [0, 0.1) is 0 Å². The second kappa shape index (κ2) is 7.54. The fourth-order valence-corrected chi connectivity index (χ4v) is 2.78. The highest BCUT2D eigenvalue weighted by molar-refractivity contribution is 5.96. The maximum atomic E-state index is 12.6. The van der Waals surface area contributed by atoms with Crippen LogP contribution in [0.4, 0.5) is 0 Å². The third kappa shape index (κ3) is 4.82. The predicted molar refractivity (Wildman–Crippen MR) is 110 cm³/mol. The molecule has 0 radical (unpaired) electrons. The molecular weight excluding hydrogens is 356 g/mol. The van der Waals surface area contributed by atoms with Gasteiger partial charge in [-0.25, -0.2) is 5.43 Å². The quantitative estimate of drug-likeness (QED) is 0.471. The summed E-state index contributed by atoms with van der Waals surface area (Å²) in [4.78, 5) is 12.6. The van der Waals surface area contributed by atoms with Crippen molar-refractivity contribution in [2.75, 3.05) is 0 Å². The molecule has 2 rings (SSSR count). The molecule has 2 aromatic carbocycles. The van der Waals surface area contributed by atoms with Gasteiger partial charge in [0.1, 0.15) is 17.2 Å². The van der Waals surface area contributed by atoms with Crippen LogP contribution in [0.5, 0.6) is 17.2 Å². The number of carbonyl (C=O) groups is 1. The van der Waals surface area contributed by atoms with Crippen LogP contribution in [-0.4, -0.2) is 27.4 Å². The van der Waals surface area contributed by atoms with Gasteiger partial charge in [-0.3, -0.25) is 4.79 Å². The van der Waals surface area contributed by atoms with Gasteiger partial charge in [0.25, 0.3) is 5.91 Å². The van der Waals surface area contributed by atoms with Crippen molar-refractivity contribution in [2.45, 2.75) is 52.4 Å². The van der Waals surface area contributed by atoms with Crippen LogP contribution in [-0.2, 0) is 10.8 Å². The normalized spacial score (nSPS) is 12.4. The van der Waals surface area contributed by atoms with E-state index in [1.807, 2.05) is 41.5 Å². The smallest absolute Gasteiger partial charge is 0.271 e. The zero-order valence-corrected chi connectivity index (χ0v) is 17.2. The first kappa shape index (κ1) is 21.3. The van der Waals surface area contributed by atoms with E-state index in [1.165, 1.54) is 24.4 Å². The lowest BCUT2D eigenvalue weighted by atomic mass is 9.78. The van der Waals surface area contributed by atoms with Crippen LogP contribution in [0.25, 0.3) is 0 Å². The maximum Gasteiger partial charge on any atom is 0.271 e. The van der Waals surface area contributed by atoms with E-state index in [0.717, 1.165) is 0 Å². The zero-order valence-electron chi connectivity index (χ0n) is 17.2. The zero-order chi connectivity index (χ0) is 21.3. The Hall–Kier alpha value is -3.02. The second-order valence-electron chi connectivity index (χ2n) is 8.86. The molecule has 1 amide bonds. The topological polar surface area (TPSA) is 102 Å². The monoisotopic (exact) mass is 384 g/mol. The molecule has 0 aliphatic rings. The molecule has 0 aliphatic heterocycles. The van der Waals surface area contributed by atoms with E-state index < -0.39 is 5.91 Å². The summed E-state index contributed by atoms with van der Waals surface area (Å²) in [6.07, 6.45) is 1.29.